The number of benzene rings is 1. The van der Waals surface area contributed by atoms with Gasteiger partial charge < -0.3 is 10.1 Å². The van der Waals surface area contributed by atoms with E-state index in [1.165, 1.54) is 20.0 Å². The number of unbranched alkanes of at least 4 members (excludes halogenated alkanes) is 2. The van der Waals surface area contributed by atoms with Crippen LogP contribution in [0.2, 0.25) is 0 Å². The maximum atomic E-state index is 11.6. The lowest BCUT2D eigenvalue weighted by atomic mass is 10.1. The molecular weight excluding hydrogens is 214 g/mol. The third-order valence-corrected chi connectivity index (χ3v) is 2.68. The number of ether oxygens (including phenoxy) is 1. The van der Waals surface area contributed by atoms with Gasteiger partial charge in [0, 0.05) is 12.2 Å². The van der Waals surface area contributed by atoms with Crippen LogP contribution >= 0.6 is 0 Å². The first-order chi connectivity index (χ1) is 8.19. The molecule has 0 heterocycles. The predicted molar refractivity (Wildman–Crippen MR) is 70.5 cm³/mol. The van der Waals surface area contributed by atoms with Crippen molar-refractivity contribution in [3.8, 4) is 0 Å². The van der Waals surface area contributed by atoms with E-state index in [1.54, 1.807) is 0 Å². The molecule has 17 heavy (non-hydrogen) atoms. The highest BCUT2D eigenvalue weighted by atomic mass is 16.5. The molecule has 0 fully saturated rings. The number of aryl methyl sites for hydroxylation is 1. The molecule has 0 aliphatic rings. The van der Waals surface area contributed by atoms with Gasteiger partial charge in [-0.15, -0.1) is 0 Å². The zero-order chi connectivity index (χ0) is 12.7. The van der Waals surface area contributed by atoms with E-state index in [0.29, 0.717) is 5.56 Å². The summed E-state index contributed by atoms with van der Waals surface area (Å²) < 4.78 is 4.78. The van der Waals surface area contributed by atoms with Crippen LogP contribution in [0.4, 0.5) is 5.69 Å². The maximum Gasteiger partial charge on any atom is 0.339 e. The van der Waals surface area contributed by atoms with Crippen molar-refractivity contribution in [2.75, 3.05) is 19.0 Å². The fourth-order valence-electron chi connectivity index (χ4n) is 1.69. The number of carbonyl (C=O) groups is 1. The minimum absolute atomic E-state index is 0.285. The third-order valence-electron chi connectivity index (χ3n) is 2.68. The monoisotopic (exact) mass is 235 g/mol. The molecule has 94 valence electrons. The summed E-state index contributed by atoms with van der Waals surface area (Å²) in [4.78, 5) is 11.6. The Kier molecular flexibility index (Phi) is 5.53. The molecule has 0 atom stereocenters. The van der Waals surface area contributed by atoms with Gasteiger partial charge in [-0.1, -0.05) is 31.4 Å². The van der Waals surface area contributed by atoms with Crippen molar-refractivity contribution >= 4 is 11.7 Å². The molecule has 0 radical (unpaired) electrons. The third kappa shape index (κ3) is 4.10. The van der Waals surface area contributed by atoms with Gasteiger partial charge in [-0.25, -0.2) is 4.79 Å². The molecule has 0 aliphatic carbocycles. The molecule has 0 saturated carbocycles. The van der Waals surface area contributed by atoms with Gasteiger partial charge in [0.1, 0.15) is 0 Å². The van der Waals surface area contributed by atoms with Gasteiger partial charge in [0.25, 0.3) is 0 Å². The highest BCUT2D eigenvalue weighted by Crippen LogP contribution is 2.18. The fraction of sp³-hybridized carbons (Fsp3) is 0.500. The van der Waals surface area contributed by atoms with Crippen LogP contribution in [0.1, 0.15) is 42.1 Å². The Labute approximate surface area is 103 Å². The lowest BCUT2D eigenvalue weighted by Crippen LogP contribution is -2.09. The number of carbonyl (C=O) groups excluding carboxylic acids is 1. The fourth-order valence-corrected chi connectivity index (χ4v) is 1.69. The summed E-state index contributed by atoms with van der Waals surface area (Å²) in [5.74, 6) is -0.285. The van der Waals surface area contributed by atoms with Crippen LogP contribution in [-0.2, 0) is 4.74 Å². The number of esters is 1. The topological polar surface area (TPSA) is 38.3 Å². The van der Waals surface area contributed by atoms with Crippen molar-refractivity contribution < 1.29 is 9.53 Å². The molecule has 0 amide bonds. The molecule has 0 aliphatic heterocycles. The van der Waals surface area contributed by atoms with Crippen LogP contribution in [0.3, 0.4) is 0 Å². The predicted octanol–water partition coefficient (Wildman–Crippen LogP) is 3.38. The zero-order valence-corrected chi connectivity index (χ0v) is 10.9. The second-order valence-corrected chi connectivity index (χ2v) is 4.17. The molecule has 0 saturated heterocycles. The Morgan fingerprint density at radius 3 is 2.76 bits per heavy atom. The SMILES string of the molecule is CCCCCNc1ccc(C)cc1C(=O)OC. The van der Waals surface area contributed by atoms with E-state index >= 15 is 0 Å². The van der Waals surface area contributed by atoms with Gasteiger partial charge >= 0.3 is 5.97 Å². The first-order valence-corrected chi connectivity index (χ1v) is 6.12. The Morgan fingerprint density at radius 1 is 1.35 bits per heavy atom. The molecule has 1 N–H and O–H groups in total. The Bertz CT molecular complexity index is 374. The molecule has 1 rings (SSSR count). The summed E-state index contributed by atoms with van der Waals surface area (Å²) in [5, 5.41) is 3.29. The second kappa shape index (κ2) is 6.94. The van der Waals surface area contributed by atoms with Gasteiger partial charge in [0.05, 0.1) is 12.7 Å². The van der Waals surface area contributed by atoms with Crippen molar-refractivity contribution in [1.29, 1.82) is 0 Å². The number of anilines is 1. The van der Waals surface area contributed by atoms with Crippen LogP contribution in [-0.4, -0.2) is 19.6 Å². The summed E-state index contributed by atoms with van der Waals surface area (Å²) >= 11 is 0. The van der Waals surface area contributed by atoms with E-state index in [-0.39, 0.29) is 5.97 Å². The van der Waals surface area contributed by atoms with Gasteiger partial charge in [-0.2, -0.15) is 0 Å². The minimum atomic E-state index is -0.285. The lowest BCUT2D eigenvalue weighted by Gasteiger charge is -2.11. The van der Waals surface area contributed by atoms with Crippen molar-refractivity contribution in [2.24, 2.45) is 0 Å². The lowest BCUT2D eigenvalue weighted by molar-refractivity contribution is 0.0601. The smallest absolute Gasteiger partial charge is 0.339 e. The summed E-state index contributed by atoms with van der Waals surface area (Å²) in [6.07, 6.45) is 3.51. The molecule has 3 nitrogen and oxygen atoms in total. The van der Waals surface area contributed by atoms with E-state index in [9.17, 15) is 4.79 Å². The van der Waals surface area contributed by atoms with E-state index in [1.807, 2.05) is 25.1 Å². The Balaban J connectivity index is 2.72. The molecule has 1 aromatic carbocycles. The average Bonchev–Trinajstić information content (AvgIpc) is 2.35. The molecular formula is C14H21NO2. The van der Waals surface area contributed by atoms with Crippen molar-refractivity contribution in [2.45, 2.75) is 33.1 Å². The van der Waals surface area contributed by atoms with Crippen LogP contribution in [0, 0.1) is 6.92 Å². The van der Waals surface area contributed by atoms with Gasteiger partial charge in [0.2, 0.25) is 0 Å². The van der Waals surface area contributed by atoms with Gasteiger partial charge in [-0.05, 0) is 25.5 Å². The first kappa shape index (κ1) is 13.6. The van der Waals surface area contributed by atoms with E-state index < -0.39 is 0 Å². The van der Waals surface area contributed by atoms with Crippen LogP contribution in [0.25, 0.3) is 0 Å². The quantitative estimate of drug-likeness (QED) is 0.606. The summed E-state index contributed by atoms with van der Waals surface area (Å²) in [6.45, 7) is 5.03. The standard InChI is InChI=1S/C14H21NO2/c1-4-5-6-9-15-13-8-7-11(2)10-12(13)14(16)17-3/h7-8,10,15H,4-6,9H2,1-3H3. The number of rotatable bonds is 6. The van der Waals surface area contributed by atoms with Gasteiger partial charge in [-0.3, -0.25) is 0 Å². The van der Waals surface area contributed by atoms with Crippen LogP contribution in [0.5, 0.6) is 0 Å². The van der Waals surface area contributed by atoms with E-state index in [4.69, 9.17) is 4.74 Å². The minimum Gasteiger partial charge on any atom is -0.465 e. The molecule has 0 aromatic heterocycles. The highest BCUT2D eigenvalue weighted by molar-refractivity contribution is 5.95. The van der Waals surface area contributed by atoms with E-state index in [0.717, 1.165) is 24.2 Å². The maximum absolute atomic E-state index is 11.6. The van der Waals surface area contributed by atoms with Crippen LogP contribution in [0.15, 0.2) is 18.2 Å². The normalized spacial score (nSPS) is 10.1. The molecule has 3 heteroatoms. The first-order valence-electron chi connectivity index (χ1n) is 6.12. The van der Waals surface area contributed by atoms with Crippen molar-refractivity contribution in [3.05, 3.63) is 29.3 Å². The number of nitrogens with one attached hydrogen (secondary N) is 1. The highest BCUT2D eigenvalue weighted by Gasteiger charge is 2.11. The zero-order valence-electron chi connectivity index (χ0n) is 10.9. The van der Waals surface area contributed by atoms with E-state index in [2.05, 4.69) is 12.2 Å². The summed E-state index contributed by atoms with van der Waals surface area (Å²) in [5.41, 5.74) is 2.53. The van der Waals surface area contributed by atoms with Crippen LogP contribution < -0.4 is 5.32 Å². The number of methoxy groups -OCH3 is 1. The summed E-state index contributed by atoms with van der Waals surface area (Å²) in [6, 6.07) is 5.79. The molecule has 0 unspecified atom stereocenters. The summed E-state index contributed by atoms with van der Waals surface area (Å²) in [7, 11) is 1.41. The average molecular weight is 235 g/mol. The van der Waals surface area contributed by atoms with Crippen molar-refractivity contribution in [1.82, 2.24) is 0 Å². The molecule has 0 spiro atoms. The second-order valence-electron chi connectivity index (χ2n) is 4.17. The number of hydrogen-bond donors (Lipinski definition) is 1. The van der Waals surface area contributed by atoms with Crippen molar-refractivity contribution in [3.63, 3.8) is 0 Å². The number of hydrogen-bond acceptors (Lipinski definition) is 3. The Hall–Kier alpha value is -1.51. The largest absolute Gasteiger partial charge is 0.465 e. The molecule has 1 aromatic rings. The molecule has 0 bridgehead atoms. The Morgan fingerprint density at radius 2 is 2.12 bits per heavy atom. The van der Waals surface area contributed by atoms with Gasteiger partial charge in [0.15, 0.2) is 0 Å².